The minimum atomic E-state index is 0.422. The average molecular weight is 287 g/mol. The van der Waals surface area contributed by atoms with E-state index in [-0.39, 0.29) is 0 Å². The molecule has 1 fully saturated rings. The standard InChI is InChI=1S/C14H23ClN2S/c1-3-8-17-9-6-12(7-10-17)16-11(2)13-4-5-14(15)18-13/h4-5,11-12,16H,3,6-10H2,1-2H3. The summed E-state index contributed by atoms with van der Waals surface area (Å²) in [6, 6.07) is 5.21. The third-order valence-electron chi connectivity index (χ3n) is 3.63. The van der Waals surface area contributed by atoms with Crippen molar-refractivity contribution in [1.29, 1.82) is 0 Å². The van der Waals surface area contributed by atoms with Gasteiger partial charge >= 0.3 is 0 Å². The summed E-state index contributed by atoms with van der Waals surface area (Å²) in [5, 5.41) is 3.74. The minimum absolute atomic E-state index is 0.422. The summed E-state index contributed by atoms with van der Waals surface area (Å²) in [5.74, 6) is 0. The zero-order valence-electron chi connectivity index (χ0n) is 11.3. The highest BCUT2D eigenvalue weighted by Crippen LogP contribution is 2.27. The number of hydrogen-bond acceptors (Lipinski definition) is 3. The lowest BCUT2D eigenvalue weighted by atomic mass is 10.0. The lowest BCUT2D eigenvalue weighted by Gasteiger charge is -2.33. The SMILES string of the molecule is CCCN1CCC(NC(C)c2ccc(Cl)s2)CC1. The smallest absolute Gasteiger partial charge is 0.0931 e. The van der Waals surface area contributed by atoms with Crippen molar-refractivity contribution in [3.8, 4) is 0 Å². The molecule has 0 radical (unpaired) electrons. The zero-order chi connectivity index (χ0) is 13.0. The first kappa shape index (κ1) is 14.3. The zero-order valence-corrected chi connectivity index (χ0v) is 12.9. The normalized spacial score (nSPS) is 20.2. The number of thiophene rings is 1. The van der Waals surface area contributed by atoms with Crippen LogP contribution in [-0.4, -0.2) is 30.6 Å². The van der Waals surface area contributed by atoms with Gasteiger partial charge in [0.2, 0.25) is 0 Å². The largest absolute Gasteiger partial charge is 0.307 e. The third-order valence-corrected chi connectivity index (χ3v) is 5.05. The summed E-state index contributed by atoms with van der Waals surface area (Å²) in [4.78, 5) is 3.92. The molecule has 1 aromatic rings. The Morgan fingerprint density at radius 3 is 2.72 bits per heavy atom. The van der Waals surface area contributed by atoms with Crippen molar-refractivity contribution in [3.63, 3.8) is 0 Å². The van der Waals surface area contributed by atoms with Gasteiger partial charge in [-0.15, -0.1) is 11.3 Å². The molecule has 0 saturated carbocycles. The highest BCUT2D eigenvalue weighted by molar-refractivity contribution is 7.16. The summed E-state index contributed by atoms with van der Waals surface area (Å²) in [7, 11) is 0. The molecule has 1 aliphatic heterocycles. The molecule has 1 unspecified atom stereocenters. The summed E-state index contributed by atoms with van der Waals surface area (Å²) >= 11 is 7.67. The fourth-order valence-electron chi connectivity index (χ4n) is 2.64. The first-order chi connectivity index (χ1) is 8.69. The van der Waals surface area contributed by atoms with Crippen LogP contribution in [0.1, 0.15) is 44.0 Å². The molecule has 102 valence electrons. The Hall–Kier alpha value is -0.0900. The quantitative estimate of drug-likeness (QED) is 0.882. The number of nitrogens with zero attached hydrogens (tertiary/aromatic N) is 1. The van der Waals surface area contributed by atoms with Crippen LogP contribution in [0.2, 0.25) is 4.34 Å². The van der Waals surface area contributed by atoms with Crippen LogP contribution in [0, 0.1) is 0 Å². The molecular weight excluding hydrogens is 264 g/mol. The maximum absolute atomic E-state index is 5.99. The Morgan fingerprint density at radius 1 is 1.44 bits per heavy atom. The summed E-state index contributed by atoms with van der Waals surface area (Å²) in [5.41, 5.74) is 0. The number of hydrogen-bond donors (Lipinski definition) is 1. The van der Waals surface area contributed by atoms with Gasteiger partial charge in [-0.1, -0.05) is 18.5 Å². The van der Waals surface area contributed by atoms with Crippen LogP contribution in [-0.2, 0) is 0 Å². The van der Waals surface area contributed by atoms with E-state index in [9.17, 15) is 0 Å². The van der Waals surface area contributed by atoms with E-state index in [1.165, 1.54) is 43.8 Å². The highest BCUT2D eigenvalue weighted by atomic mass is 35.5. The molecule has 1 aliphatic rings. The van der Waals surface area contributed by atoms with Crippen LogP contribution in [0.3, 0.4) is 0 Å². The lowest BCUT2D eigenvalue weighted by Crippen LogP contribution is -2.43. The van der Waals surface area contributed by atoms with Crippen molar-refractivity contribution in [1.82, 2.24) is 10.2 Å². The Balaban J connectivity index is 1.77. The summed E-state index contributed by atoms with van der Waals surface area (Å²) in [6.45, 7) is 8.23. The van der Waals surface area contributed by atoms with Gasteiger partial charge in [-0.25, -0.2) is 0 Å². The fourth-order valence-corrected chi connectivity index (χ4v) is 3.71. The molecule has 1 aromatic heterocycles. The van der Waals surface area contributed by atoms with Gasteiger partial charge in [0, 0.05) is 17.0 Å². The number of likely N-dealkylation sites (tertiary alicyclic amines) is 1. The molecule has 0 spiro atoms. The molecule has 4 heteroatoms. The molecule has 1 saturated heterocycles. The van der Waals surface area contributed by atoms with E-state index in [1.54, 1.807) is 11.3 Å². The van der Waals surface area contributed by atoms with Crippen molar-refractivity contribution < 1.29 is 0 Å². The second kappa shape index (κ2) is 6.90. The molecule has 1 atom stereocenters. The second-order valence-corrected chi connectivity index (χ2v) is 6.89. The van der Waals surface area contributed by atoms with Gasteiger partial charge in [0.25, 0.3) is 0 Å². The Labute approximate surface area is 119 Å². The maximum atomic E-state index is 5.99. The van der Waals surface area contributed by atoms with Gasteiger partial charge in [-0.2, -0.15) is 0 Å². The second-order valence-electron chi connectivity index (χ2n) is 5.15. The van der Waals surface area contributed by atoms with E-state index in [2.05, 4.69) is 30.1 Å². The van der Waals surface area contributed by atoms with Gasteiger partial charge < -0.3 is 10.2 Å². The molecule has 2 heterocycles. The average Bonchev–Trinajstić information content (AvgIpc) is 2.79. The van der Waals surface area contributed by atoms with E-state index in [4.69, 9.17) is 11.6 Å². The molecule has 1 N–H and O–H groups in total. The molecule has 18 heavy (non-hydrogen) atoms. The van der Waals surface area contributed by atoms with Gasteiger partial charge in [0.05, 0.1) is 4.34 Å². The topological polar surface area (TPSA) is 15.3 Å². The van der Waals surface area contributed by atoms with Crippen molar-refractivity contribution in [2.24, 2.45) is 0 Å². The Morgan fingerprint density at radius 2 is 2.17 bits per heavy atom. The number of nitrogens with one attached hydrogen (secondary N) is 1. The number of piperidine rings is 1. The predicted molar refractivity (Wildman–Crippen MR) is 80.6 cm³/mol. The van der Waals surface area contributed by atoms with Crippen LogP contribution in [0.4, 0.5) is 0 Å². The first-order valence-corrected chi connectivity index (χ1v) is 8.12. The monoisotopic (exact) mass is 286 g/mol. The van der Waals surface area contributed by atoms with Crippen molar-refractivity contribution in [2.45, 2.75) is 45.2 Å². The van der Waals surface area contributed by atoms with E-state index >= 15 is 0 Å². The van der Waals surface area contributed by atoms with Gasteiger partial charge in [-0.3, -0.25) is 0 Å². The van der Waals surface area contributed by atoms with Crippen LogP contribution < -0.4 is 5.32 Å². The van der Waals surface area contributed by atoms with Crippen molar-refractivity contribution in [3.05, 3.63) is 21.3 Å². The third kappa shape index (κ3) is 3.95. The van der Waals surface area contributed by atoms with Gasteiger partial charge in [0.15, 0.2) is 0 Å². The number of halogens is 1. The van der Waals surface area contributed by atoms with E-state index in [0.717, 1.165) is 4.34 Å². The summed E-state index contributed by atoms with van der Waals surface area (Å²) < 4.78 is 0.886. The molecule has 0 bridgehead atoms. The predicted octanol–water partition coefficient (Wildman–Crippen LogP) is 3.93. The van der Waals surface area contributed by atoms with Gasteiger partial charge in [-0.05, 0) is 58.0 Å². The highest BCUT2D eigenvalue weighted by Gasteiger charge is 2.20. The van der Waals surface area contributed by atoms with E-state index in [1.807, 2.05) is 6.07 Å². The Kier molecular flexibility index (Phi) is 5.49. The summed E-state index contributed by atoms with van der Waals surface area (Å²) in [6.07, 6.45) is 3.80. The molecule has 0 aliphatic carbocycles. The van der Waals surface area contributed by atoms with Crippen LogP contribution >= 0.6 is 22.9 Å². The lowest BCUT2D eigenvalue weighted by molar-refractivity contribution is 0.193. The molecule has 0 aromatic carbocycles. The van der Waals surface area contributed by atoms with Crippen molar-refractivity contribution in [2.75, 3.05) is 19.6 Å². The maximum Gasteiger partial charge on any atom is 0.0931 e. The van der Waals surface area contributed by atoms with Crippen LogP contribution in [0.15, 0.2) is 12.1 Å². The molecule has 2 rings (SSSR count). The van der Waals surface area contributed by atoms with E-state index < -0.39 is 0 Å². The van der Waals surface area contributed by atoms with Crippen LogP contribution in [0.5, 0.6) is 0 Å². The molecule has 2 nitrogen and oxygen atoms in total. The number of rotatable bonds is 5. The van der Waals surface area contributed by atoms with E-state index in [0.29, 0.717) is 12.1 Å². The Bertz CT molecular complexity index is 358. The first-order valence-electron chi connectivity index (χ1n) is 6.92. The molecule has 0 amide bonds. The van der Waals surface area contributed by atoms with Crippen molar-refractivity contribution >= 4 is 22.9 Å². The molecular formula is C14H23ClN2S. The minimum Gasteiger partial charge on any atom is -0.307 e. The van der Waals surface area contributed by atoms with Gasteiger partial charge in [0.1, 0.15) is 0 Å². The van der Waals surface area contributed by atoms with Crippen LogP contribution in [0.25, 0.3) is 0 Å². The fraction of sp³-hybridized carbons (Fsp3) is 0.714.